The first kappa shape index (κ1) is 17.3. The van der Waals surface area contributed by atoms with Gasteiger partial charge in [0, 0.05) is 12.6 Å². The first-order valence-electron chi connectivity index (χ1n) is 8.43. The first-order valence-corrected chi connectivity index (χ1v) is 8.43. The van der Waals surface area contributed by atoms with Gasteiger partial charge in [0.05, 0.1) is 14.2 Å². The van der Waals surface area contributed by atoms with Gasteiger partial charge in [-0.2, -0.15) is 0 Å². The van der Waals surface area contributed by atoms with Crippen LogP contribution < -0.4 is 15.2 Å². The molecule has 2 N–H and O–H groups in total. The molecule has 1 saturated heterocycles. The van der Waals surface area contributed by atoms with Crippen LogP contribution in [0.2, 0.25) is 0 Å². The molecule has 0 saturated carbocycles. The van der Waals surface area contributed by atoms with Crippen LogP contribution in [-0.4, -0.2) is 38.1 Å². The zero-order valence-electron chi connectivity index (χ0n) is 14.6. The van der Waals surface area contributed by atoms with Crippen molar-refractivity contribution in [3.63, 3.8) is 0 Å². The Labute approximate surface area is 148 Å². The number of hydrogen-bond acceptors (Lipinski definition) is 4. The highest BCUT2D eigenvalue weighted by atomic mass is 16.5. The first-order chi connectivity index (χ1) is 12.1. The van der Waals surface area contributed by atoms with Gasteiger partial charge in [-0.05, 0) is 42.1 Å². The van der Waals surface area contributed by atoms with Gasteiger partial charge in [0.2, 0.25) is 5.91 Å². The van der Waals surface area contributed by atoms with Gasteiger partial charge in [0.15, 0.2) is 0 Å². The molecule has 25 heavy (non-hydrogen) atoms. The van der Waals surface area contributed by atoms with Gasteiger partial charge in [0.1, 0.15) is 17.5 Å². The van der Waals surface area contributed by atoms with Crippen molar-refractivity contribution in [2.75, 3.05) is 27.3 Å². The third kappa shape index (κ3) is 3.77. The number of carbonyl (C=O) groups is 1. The molecule has 0 spiro atoms. The second kappa shape index (κ2) is 7.57. The fourth-order valence-corrected chi connectivity index (χ4v) is 3.55. The standard InChI is InChI=1S/C20H24N2O3/c1-24-17-10-16(11-18(12-17)25-2)15-8-9-22(13-15)19(20(21)23)14-6-4-3-5-7-14/h3-7,10-12,15,19H,8-9,13H2,1-2H3,(H2,21,23)/t15-,19+/m0/s1. The number of hydrogen-bond donors (Lipinski definition) is 1. The molecule has 2 atom stereocenters. The Hall–Kier alpha value is -2.53. The Morgan fingerprint density at radius 3 is 2.32 bits per heavy atom. The van der Waals surface area contributed by atoms with E-state index in [4.69, 9.17) is 15.2 Å². The predicted octanol–water partition coefficient (Wildman–Crippen LogP) is 2.72. The van der Waals surface area contributed by atoms with E-state index in [1.807, 2.05) is 48.5 Å². The number of carbonyl (C=O) groups excluding carboxylic acids is 1. The fourth-order valence-electron chi connectivity index (χ4n) is 3.55. The molecule has 132 valence electrons. The summed E-state index contributed by atoms with van der Waals surface area (Å²) in [5, 5.41) is 0. The molecule has 1 aliphatic rings. The van der Waals surface area contributed by atoms with Crippen LogP contribution in [0.1, 0.15) is 29.5 Å². The normalized spacial score (nSPS) is 18.7. The van der Waals surface area contributed by atoms with Crippen LogP contribution in [0, 0.1) is 0 Å². The van der Waals surface area contributed by atoms with Gasteiger partial charge in [-0.3, -0.25) is 9.69 Å². The fraction of sp³-hybridized carbons (Fsp3) is 0.350. The van der Waals surface area contributed by atoms with E-state index in [1.54, 1.807) is 14.2 Å². The number of benzene rings is 2. The zero-order valence-corrected chi connectivity index (χ0v) is 14.6. The summed E-state index contributed by atoms with van der Waals surface area (Å²) in [6, 6.07) is 15.3. The molecule has 5 nitrogen and oxygen atoms in total. The van der Waals surface area contributed by atoms with Crippen molar-refractivity contribution in [2.24, 2.45) is 5.73 Å². The highest BCUT2D eigenvalue weighted by molar-refractivity contribution is 5.81. The summed E-state index contributed by atoms with van der Waals surface area (Å²) in [5.41, 5.74) is 7.81. The van der Waals surface area contributed by atoms with Crippen LogP contribution in [0.4, 0.5) is 0 Å². The largest absolute Gasteiger partial charge is 0.497 e. The summed E-state index contributed by atoms with van der Waals surface area (Å²) in [5.74, 6) is 1.56. The van der Waals surface area contributed by atoms with Crippen molar-refractivity contribution in [2.45, 2.75) is 18.4 Å². The molecule has 2 aromatic carbocycles. The number of primary amides is 1. The number of ether oxygens (including phenoxy) is 2. The second-order valence-electron chi connectivity index (χ2n) is 6.34. The van der Waals surface area contributed by atoms with Gasteiger partial charge in [0.25, 0.3) is 0 Å². The summed E-state index contributed by atoms with van der Waals surface area (Å²) in [6.45, 7) is 1.60. The van der Waals surface area contributed by atoms with E-state index in [9.17, 15) is 4.79 Å². The summed E-state index contributed by atoms with van der Waals surface area (Å²) in [4.78, 5) is 14.2. The monoisotopic (exact) mass is 340 g/mol. The van der Waals surface area contributed by atoms with Crippen LogP contribution in [0.15, 0.2) is 48.5 Å². The van der Waals surface area contributed by atoms with E-state index < -0.39 is 6.04 Å². The van der Waals surface area contributed by atoms with Crippen LogP contribution >= 0.6 is 0 Å². The Morgan fingerprint density at radius 1 is 1.12 bits per heavy atom. The molecule has 0 radical (unpaired) electrons. The Kier molecular flexibility index (Phi) is 5.24. The van der Waals surface area contributed by atoms with Gasteiger partial charge >= 0.3 is 0 Å². The summed E-state index contributed by atoms with van der Waals surface area (Å²) in [6.07, 6.45) is 0.965. The molecule has 2 aromatic rings. The molecule has 3 rings (SSSR count). The van der Waals surface area contributed by atoms with E-state index in [0.717, 1.165) is 42.1 Å². The molecule has 0 aliphatic carbocycles. The lowest BCUT2D eigenvalue weighted by atomic mass is 9.97. The smallest absolute Gasteiger partial charge is 0.239 e. The Morgan fingerprint density at radius 2 is 1.76 bits per heavy atom. The van der Waals surface area contributed by atoms with E-state index in [0.29, 0.717) is 5.92 Å². The maximum atomic E-state index is 12.1. The summed E-state index contributed by atoms with van der Waals surface area (Å²) < 4.78 is 10.7. The molecular weight excluding hydrogens is 316 g/mol. The van der Waals surface area contributed by atoms with Crippen LogP contribution in [0.5, 0.6) is 11.5 Å². The van der Waals surface area contributed by atoms with Crippen molar-refractivity contribution in [1.82, 2.24) is 4.90 Å². The molecule has 0 unspecified atom stereocenters. The van der Waals surface area contributed by atoms with Crippen molar-refractivity contribution in [1.29, 1.82) is 0 Å². The molecule has 1 fully saturated rings. The van der Waals surface area contributed by atoms with E-state index >= 15 is 0 Å². The minimum atomic E-state index is -0.390. The second-order valence-corrected chi connectivity index (χ2v) is 6.34. The predicted molar refractivity (Wildman–Crippen MR) is 96.9 cm³/mol. The Bertz CT molecular complexity index is 711. The van der Waals surface area contributed by atoms with E-state index in [1.165, 1.54) is 0 Å². The SMILES string of the molecule is COc1cc(OC)cc([C@H]2CCN([C@@H](C(N)=O)c3ccccc3)C2)c1. The molecule has 0 aromatic heterocycles. The zero-order chi connectivity index (χ0) is 17.8. The number of rotatable bonds is 6. The molecule has 1 amide bonds. The minimum absolute atomic E-state index is 0.310. The van der Waals surface area contributed by atoms with Crippen molar-refractivity contribution < 1.29 is 14.3 Å². The lowest BCUT2D eigenvalue weighted by Gasteiger charge is -2.25. The molecule has 5 heteroatoms. The number of likely N-dealkylation sites (tertiary alicyclic amines) is 1. The van der Waals surface area contributed by atoms with Crippen molar-refractivity contribution in [3.8, 4) is 11.5 Å². The summed E-state index contributed by atoms with van der Waals surface area (Å²) in [7, 11) is 3.30. The van der Waals surface area contributed by atoms with E-state index in [2.05, 4.69) is 4.90 Å². The molecular formula is C20H24N2O3. The average Bonchev–Trinajstić information content (AvgIpc) is 3.11. The van der Waals surface area contributed by atoms with E-state index in [-0.39, 0.29) is 5.91 Å². The highest BCUT2D eigenvalue weighted by Gasteiger charge is 2.33. The number of amides is 1. The van der Waals surface area contributed by atoms with Gasteiger partial charge in [-0.1, -0.05) is 30.3 Å². The third-order valence-corrected chi connectivity index (χ3v) is 4.81. The molecule has 0 bridgehead atoms. The van der Waals surface area contributed by atoms with Crippen molar-refractivity contribution in [3.05, 3.63) is 59.7 Å². The Balaban J connectivity index is 1.82. The van der Waals surface area contributed by atoms with Gasteiger partial charge in [-0.15, -0.1) is 0 Å². The lowest BCUT2D eigenvalue weighted by Crippen LogP contribution is -2.36. The minimum Gasteiger partial charge on any atom is -0.497 e. The lowest BCUT2D eigenvalue weighted by molar-refractivity contribution is -0.123. The summed E-state index contributed by atoms with van der Waals surface area (Å²) >= 11 is 0. The third-order valence-electron chi connectivity index (χ3n) is 4.81. The van der Waals surface area contributed by atoms with Gasteiger partial charge < -0.3 is 15.2 Å². The topological polar surface area (TPSA) is 64.8 Å². The van der Waals surface area contributed by atoms with Crippen LogP contribution in [0.25, 0.3) is 0 Å². The maximum absolute atomic E-state index is 12.1. The average molecular weight is 340 g/mol. The van der Waals surface area contributed by atoms with Crippen LogP contribution in [0.3, 0.4) is 0 Å². The van der Waals surface area contributed by atoms with Crippen molar-refractivity contribution >= 4 is 5.91 Å². The molecule has 1 heterocycles. The number of nitrogens with zero attached hydrogens (tertiary/aromatic N) is 1. The number of nitrogens with two attached hydrogens (primary N) is 1. The number of methoxy groups -OCH3 is 2. The quantitative estimate of drug-likeness (QED) is 0.878. The van der Waals surface area contributed by atoms with Crippen LogP contribution in [-0.2, 0) is 4.79 Å². The maximum Gasteiger partial charge on any atom is 0.239 e. The van der Waals surface area contributed by atoms with Gasteiger partial charge in [-0.25, -0.2) is 0 Å². The molecule has 1 aliphatic heterocycles. The highest BCUT2D eigenvalue weighted by Crippen LogP contribution is 2.36.